The Balaban J connectivity index is 1.29. The predicted molar refractivity (Wildman–Crippen MR) is 314 cm³/mol. The Hall–Kier alpha value is -13.5. The molecule has 0 aliphatic heterocycles. The summed E-state index contributed by atoms with van der Waals surface area (Å²) in [7, 11) is 0. The van der Waals surface area contributed by atoms with E-state index in [1.807, 2.05) is 88.0 Å². The molecule has 394 valence electrons. The molecule has 0 radical (unpaired) electrons. The fourth-order valence-corrected chi connectivity index (χ4v) is 11.2. The average Bonchev–Trinajstić information content (AvgIpc) is 1.58. The van der Waals surface area contributed by atoms with Gasteiger partial charge in [0, 0.05) is 27.1 Å². The molecule has 0 saturated heterocycles. The van der Waals surface area contributed by atoms with Crippen LogP contribution in [0.4, 0.5) is 13.2 Å². The van der Waals surface area contributed by atoms with Gasteiger partial charge in [0.15, 0.2) is 0 Å². The third kappa shape index (κ3) is 9.19. The van der Waals surface area contributed by atoms with Crippen molar-refractivity contribution >= 4 is 43.6 Å². The van der Waals surface area contributed by atoms with Gasteiger partial charge in [0.1, 0.15) is 0 Å². The maximum absolute atomic E-state index is 14.9. The zero-order valence-electron chi connectivity index (χ0n) is 44.2. The van der Waals surface area contributed by atoms with Crippen LogP contribution in [0, 0.1) is 113 Å². The fourth-order valence-electron chi connectivity index (χ4n) is 11.2. The number of rotatable bonds is 7. The molecule has 0 N–H and O–H groups in total. The molecule has 86 heavy (non-hydrogen) atoms. The van der Waals surface area contributed by atoms with Gasteiger partial charge in [-0.05, 0) is 177 Å². The minimum Gasteiger partial charge on any atom is -0.307 e. The summed E-state index contributed by atoms with van der Waals surface area (Å²) in [5.74, 6) is 0. The van der Waals surface area contributed by atoms with Gasteiger partial charge in [0.2, 0.25) is 0 Å². The van der Waals surface area contributed by atoms with Crippen LogP contribution in [0.15, 0.2) is 176 Å². The quantitative estimate of drug-likeness (QED) is 0.146. The molecule has 0 spiro atoms. The van der Waals surface area contributed by atoms with Gasteiger partial charge in [0.25, 0.3) is 0 Å². The second-order valence-electron chi connectivity index (χ2n) is 20.1. The Morgan fingerprint density at radius 2 is 0.523 bits per heavy atom. The lowest BCUT2D eigenvalue weighted by atomic mass is 9.94. The highest BCUT2D eigenvalue weighted by atomic mass is 19.4. The Labute approximate surface area is 487 Å². The summed E-state index contributed by atoms with van der Waals surface area (Å²) in [5, 5.41) is 105. The van der Waals surface area contributed by atoms with Crippen molar-refractivity contribution in [1.29, 1.82) is 52.6 Å². The van der Waals surface area contributed by atoms with E-state index in [4.69, 9.17) is 0 Å². The van der Waals surface area contributed by atoms with Crippen molar-refractivity contribution in [3.8, 4) is 128 Å². The summed E-state index contributed by atoms with van der Waals surface area (Å²) in [6.07, 6.45) is -4.92. The van der Waals surface area contributed by atoms with E-state index in [0.717, 1.165) is 12.1 Å². The van der Waals surface area contributed by atoms with Gasteiger partial charge in [0.05, 0.1) is 155 Å². The molecule has 10 aromatic carbocycles. The summed E-state index contributed by atoms with van der Waals surface area (Å²) in [4.78, 5) is 0. The monoisotopic (exact) mass is 1110 g/mol. The summed E-state index contributed by atoms with van der Waals surface area (Å²) in [5.41, 5.74) is 6.97. The number of hydrogen-bond donors (Lipinski definition) is 0. The van der Waals surface area contributed by atoms with Gasteiger partial charge in [-0.2, -0.15) is 65.8 Å². The van der Waals surface area contributed by atoms with Crippen molar-refractivity contribution in [3.05, 3.63) is 237 Å². The minimum absolute atomic E-state index is 0.00812. The first-order valence-electron chi connectivity index (χ1n) is 25.9. The summed E-state index contributed by atoms with van der Waals surface area (Å²) in [6, 6.07) is 68.4. The van der Waals surface area contributed by atoms with E-state index in [0.29, 0.717) is 88.1 Å². The van der Waals surface area contributed by atoms with Gasteiger partial charge in [-0.25, -0.2) is 0 Å². The fraction of sp³-hybridized carbons (Fsp3) is 0.0141. The van der Waals surface area contributed by atoms with Gasteiger partial charge in [-0.1, -0.05) is 48.5 Å². The number of nitriles is 10. The second kappa shape index (κ2) is 20.9. The standard InChI is InChI=1S/C71H29F3N12/c72-71(73,74)59-22-48(38-83)21-57(23-59)64-29-70(86-67-26-51(55-17-44(34-79)11-45(18-55)35-80)3-7-62(67)63-8-4-52(27-68(63)86)56-19-46(36-81)12-47(20-56)37-82)69(28-58(64)39-84)85-65-24-49(53-13-40(30-75)9-41(14-53)31-76)1-5-60(65)61-6-2-50(25-66(61)85)54-15-42(32-77)10-43(16-54)33-78/h1-29H. The van der Waals surface area contributed by atoms with E-state index >= 15 is 0 Å². The van der Waals surface area contributed by atoms with Gasteiger partial charge >= 0.3 is 6.18 Å². The van der Waals surface area contributed by atoms with Crippen LogP contribution in [0.5, 0.6) is 0 Å². The number of fused-ring (bicyclic) bond motifs is 6. The highest BCUT2D eigenvalue weighted by Gasteiger charge is 2.32. The van der Waals surface area contributed by atoms with Crippen molar-refractivity contribution in [2.24, 2.45) is 0 Å². The molecular formula is C71H29F3N12. The lowest BCUT2D eigenvalue weighted by Crippen LogP contribution is -2.07. The Morgan fingerprint density at radius 1 is 0.256 bits per heavy atom. The third-order valence-corrected chi connectivity index (χ3v) is 15.1. The zero-order valence-corrected chi connectivity index (χ0v) is 44.2. The number of halogens is 3. The number of aromatic nitrogens is 2. The summed E-state index contributed by atoms with van der Waals surface area (Å²) in [6.45, 7) is 0. The molecule has 12 aromatic rings. The molecule has 0 unspecified atom stereocenters. The zero-order chi connectivity index (χ0) is 60.1. The second-order valence-corrected chi connectivity index (χ2v) is 20.1. The van der Waals surface area contributed by atoms with Crippen LogP contribution in [0.2, 0.25) is 0 Å². The van der Waals surface area contributed by atoms with Crippen molar-refractivity contribution in [2.75, 3.05) is 0 Å². The lowest BCUT2D eigenvalue weighted by Gasteiger charge is -2.21. The van der Waals surface area contributed by atoms with Crippen LogP contribution >= 0.6 is 0 Å². The molecule has 2 heterocycles. The van der Waals surface area contributed by atoms with Crippen LogP contribution < -0.4 is 0 Å². The topological polar surface area (TPSA) is 248 Å². The number of benzene rings is 10. The normalized spacial score (nSPS) is 10.8. The minimum atomic E-state index is -4.92. The van der Waals surface area contributed by atoms with Crippen molar-refractivity contribution in [2.45, 2.75) is 6.18 Å². The maximum atomic E-state index is 14.9. The van der Waals surface area contributed by atoms with Crippen LogP contribution in [0.3, 0.4) is 0 Å². The molecule has 12 rings (SSSR count). The Morgan fingerprint density at radius 3 is 0.791 bits per heavy atom. The first-order chi connectivity index (χ1) is 41.7. The van der Waals surface area contributed by atoms with E-state index in [1.165, 1.54) is 30.3 Å². The summed E-state index contributed by atoms with van der Waals surface area (Å²) < 4.78 is 48.4. The first-order valence-corrected chi connectivity index (χ1v) is 25.9. The van der Waals surface area contributed by atoms with E-state index in [1.54, 1.807) is 60.7 Å². The van der Waals surface area contributed by atoms with Gasteiger partial charge in [-0.3, -0.25) is 0 Å². The average molecular weight is 1110 g/mol. The van der Waals surface area contributed by atoms with E-state index < -0.39 is 11.7 Å². The molecule has 2 aromatic heterocycles. The van der Waals surface area contributed by atoms with Gasteiger partial charge in [-0.15, -0.1) is 0 Å². The van der Waals surface area contributed by atoms with Crippen LogP contribution in [0.1, 0.15) is 61.2 Å². The molecule has 0 amide bonds. The van der Waals surface area contributed by atoms with Gasteiger partial charge < -0.3 is 9.13 Å². The molecular weight excluding hydrogens is 1080 g/mol. The van der Waals surface area contributed by atoms with Crippen LogP contribution in [-0.2, 0) is 6.18 Å². The number of alkyl halides is 3. The highest BCUT2D eigenvalue weighted by Crippen LogP contribution is 2.45. The van der Waals surface area contributed by atoms with E-state index in [2.05, 4.69) is 54.6 Å². The molecule has 0 bridgehead atoms. The highest BCUT2D eigenvalue weighted by molar-refractivity contribution is 6.14. The molecule has 12 nitrogen and oxygen atoms in total. The van der Waals surface area contributed by atoms with Crippen molar-refractivity contribution in [3.63, 3.8) is 0 Å². The van der Waals surface area contributed by atoms with E-state index in [9.17, 15) is 65.8 Å². The lowest BCUT2D eigenvalue weighted by molar-refractivity contribution is -0.137. The maximum Gasteiger partial charge on any atom is 0.416 e. The molecule has 0 saturated carbocycles. The van der Waals surface area contributed by atoms with Crippen LogP contribution in [0.25, 0.3) is 111 Å². The Kier molecular flexibility index (Phi) is 12.9. The van der Waals surface area contributed by atoms with Crippen molar-refractivity contribution < 1.29 is 13.2 Å². The van der Waals surface area contributed by atoms with Crippen molar-refractivity contribution in [1.82, 2.24) is 9.13 Å². The van der Waals surface area contributed by atoms with Crippen LogP contribution in [-0.4, -0.2) is 9.13 Å². The third-order valence-electron chi connectivity index (χ3n) is 15.1. The smallest absolute Gasteiger partial charge is 0.307 e. The Bertz CT molecular complexity index is 5100. The SMILES string of the molecule is N#Cc1cc(C#N)cc(-c2ccc3c4ccc(-c5cc(C#N)cc(C#N)c5)cc4n(-c4cc(C#N)c(-c5cc(C#N)cc(C(F)(F)F)c5)cc4-n4c5cc(-c6cc(C#N)cc(C#N)c6)ccc5c5ccc(-c6cc(C#N)cc(C#N)c6)cc54)c3c2)c1. The van der Waals surface area contributed by atoms with E-state index in [-0.39, 0.29) is 78.1 Å². The molecule has 0 aliphatic carbocycles. The largest absolute Gasteiger partial charge is 0.416 e. The molecule has 0 aliphatic rings. The predicted octanol–water partition coefficient (Wildman–Crippen LogP) is 16.0. The number of hydrogen-bond acceptors (Lipinski definition) is 10. The molecule has 0 atom stereocenters. The first kappa shape index (κ1) is 53.1. The molecule has 15 heteroatoms. The summed E-state index contributed by atoms with van der Waals surface area (Å²) >= 11 is 0. The molecule has 0 fully saturated rings. The number of nitrogens with zero attached hydrogens (tertiary/aromatic N) is 12.